The first-order valence-corrected chi connectivity index (χ1v) is 9.01. The van der Waals surface area contributed by atoms with E-state index in [4.69, 9.17) is 9.47 Å². The summed E-state index contributed by atoms with van der Waals surface area (Å²) >= 11 is 0. The van der Waals surface area contributed by atoms with Gasteiger partial charge in [-0.2, -0.15) is 0 Å². The summed E-state index contributed by atoms with van der Waals surface area (Å²) in [5.41, 5.74) is 0.988. The SMILES string of the molecule is O=C(Cn1ccnc1-c1ccccc1)NCC[C@H]1COc2ccccc2O1. The molecule has 0 spiro atoms. The predicted octanol–water partition coefficient (Wildman–Crippen LogP) is 2.90. The van der Waals surface area contributed by atoms with Crippen molar-refractivity contribution in [2.24, 2.45) is 0 Å². The van der Waals surface area contributed by atoms with Crippen LogP contribution in [0.15, 0.2) is 67.0 Å². The van der Waals surface area contributed by atoms with Gasteiger partial charge in [0.2, 0.25) is 5.91 Å². The zero-order chi connectivity index (χ0) is 18.5. The number of imidazole rings is 1. The van der Waals surface area contributed by atoms with Crippen molar-refractivity contribution in [3.05, 3.63) is 67.0 Å². The second-order valence-corrected chi connectivity index (χ2v) is 6.38. The molecule has 1 aliphatic heterocycles. The van der Waals surface area contributed by atoms with Crippen LogP contribution in [0.1, 0.15) is 6.42 Å². The average Bonchev–Trinajstić information content (AvgIpc) is 3.16. The molecule has 0 saturated carbocycles. The van der Waals surface area contributed by atoms with E-state index in [2.05, 4.69) is 10.3 Å². The molecule has 6 heteroatoms. The highest BCUT2D eigenvalue weighted by Crippen LogP contribution is 2.31. The standard InChI is InChI=1S/C21H21N3O3/c25-20(14-24-13-12-23-21(24)16-6-2-1-3-7-16)22-11-10-17-15-26-18-8-4-5-9-19(18)27-17/h1-9,12-13,17H,10-11,14-15H2,(H,22,25)/t17-/m0/s1. The number of hydrogen-bond acceptors (Lipinski definition) is 4. The van der Waals surface area contributed by atoms with Crippen LogP contribution in [0.4, 0.5) is 0 Å². The highest BCUT2D eigenvalue weighted by atomic mass is 16.6. The summed E-state index contributed by atoms with van der Waals surface area (Å²) in [7, 11) is 0. The number of fused-ring (bicyclic) bond motifs is 1. The summed E-state index contributed by atoms with van der Waals surface area (Å²) in [6.07, 6.45) is 4.15. The summed E-state index contributed by atoms with van der Waals surface area (Å²) in [6.45, 7) is 1.26. The van der Waals surface area contributed by atoms with Crippen molar-refractivity contribution in [1.82, 2.24) is 14.9 Å². The lowest BCUT2D eigenvalue weighted by Crippen LogP contribution is -2.35. The third-order valence-electron chi connectivity index (χ3n) is 4.42. The number of nitrogens with zero attached hydrogens (tertiary/aromatic N) is 2. The third kappa shape index (κ3) is 4.11. The zero-order valence-corrected chi connectivity index (χ0v) is 14.9. The summed E-state index contributed by atoms with van der Waals surface area (Å²) in [5.74, 6) is 2.26. The molecule has 1 amide bonds. The number of ether oxygens (including phenoxy) is 2. The number of amides is 1. The number of carbonyl (C=O) groups excluding carboxylic acids is 1. The van der Waals surface area contributed by atoms with Crippen molar-refractivity contribution in [2.75, 3.05) is 13.2 Å². The minimum Gasteiger partial charge on any atom is -0.486 e. The minimum absolute atomic E-state index is 0.0534. The van der Waals surface area contributed by atoms with Crippen LogP contribution in [0, 0.1) is 0 Å². The van der Waals surface area contributed by atoms with Gasteiger partial charge in [-0.25, -0.2) is 4.98 Å². The number of nitrogens with one attached hydrogen (secondary N) is 1. The largest absolute Gasteiger partial charge is 0.486 e. The molecule has 6 nitrogen and oxygen atoms in total. The molecular formula is C21H21N3O3. The topological polar surface area (TPSA) is 65.4 Å². The Morgan fingerprint density at radius 1 is 1.11 bits per heavy atom. The van der Waals surface area contributed by atoms with Gasteiger partial charge in [0.05, 0.1) is 0 Å². The molecule has 0 aliphatic carbocycles. The van der Waals surface area contributed by atoms with Crippen molar-refractivity contribution < 1.29 is 14.3 Å². The van der Waals surface area contributed by atoms with Gasteiger partial charge in [0.1, 0.15) is 25.1 Å². The molecule has 27 heavy (non-hydrogen) atoms. The van der Waals surface area contributed by atoms with Crippen molar-refractivity contribution >= 4 is 5.91 Å². The van der Waals surface area contributed by atoms with E-state index in [1.54, 1.807) is 6.20 Å². The molecule has 1 aliphatic rings. The van der Waals surface area contributed by atoms with Crippen LogP contribution in [0.3, 0.4) is 0 Å². The molecule has 0 saturated heterocycles. The highest BCUT2D eigenvalue weighted by Gasteiger charge is 2.20. The van der Waals surface area contributed by atoms with Crippen molar-refractivity contribution in [3.63, 3.8) is 0 Å². The van der Waals surface area contributed by atoms with Crippen LogP contribution in [0.25, 0.3) is 11.4 Å². The van der Waals surface area contributed by atoms with Crippen molar-refractivity contribution in [3.8, 4) is 22.9 Å². The van der Waals surface area contributed by atoms with Gasteiger partial charge in [0, 0.05) is 30.9 Å². The van der Waals surface area contributed by atoms with Gasteiger partial charge in [-0.05, 0) is 12.1 Å². The Morgan fingerprint density at radius 2 is 1.89 bits per heavy atom. The van der Waals surface area contributed by atoms with Crippen molar-refractivity contribution in [2.45, 2.75) is 19.1 Å². The average molecular weight is 363 g/mol. The van der Waals surface area contributed by atoms with E-state index in [-0.39, 0.29) is 18.6 Å². The predicted molar refractivity (Wildman–Crippen MR) is 102 cm³/mol. The molecule has 4 rings (SSSR count). The quantitative estimate of drug-likeness (QED) is 0.731. The Labute approximate surface area is 157 Å². The van der Waals surface area contributed by atoms with E-state index in [0.717, 1.165) is 22.9 Å². The van der Waals surface area contributed by atoms with E-state index in [1.807, 2.05) is 65.4 Å². The first-order chi connectivity index (χ1) is 13.3. The van der Waals surface area contributed by atoms with Crippen LogP contribution >= 0.6 is 0 Å². The fraction of sp³-hybridized carbons (Fsp3) is 0.238. The second kappa shape index (κ2) is 7.95. The Kier molecular flexibility index (Phi) is 5.05. The summed E-state index contributed by atoms with van der Waals surface area (Å²) < 4.78 is 13.4. The van der Waals surface area contributed by atoms with Gasteiger partial charge in [-0.15, -0.1) is 0 Å². The Hall–Kier alpha value is -3.28. The van der Waals surface area contributed by atoms with E-state index in [9.17, 15) is 4.79 Å². The lowest BCUT2D eigenvalue weighted by molar-refractivity contribution is -0.121. The fourth-order valence-electron chi connectivity index (χ4n) is 3.07. The van der Waals surface area contributed by atoms with Gasteiger partial charge in [-0.1, -0.05) is 42.5 Å². The highest BCUT2D eigenvalue weighted by molar-refractivity contribution is 5.76. The number of para-hydroxylation sites is 2. The third-order valence-corrected chi connectivity index (χ3v) is 4.42. The number of carbonyl (C=O) groups is 1. The Balaban J connectivity index is 1.27. The molecule has 0 unspecified atom stereocenters. The normalized spacial score (nSPS) is 15.3. The van der Waals surface area contributed by atoms with Gasteiger partial charge >= 0.3 is 0 Å². The van der Waals surface area contributed by atoms with Gasteiger partial charge in [0.15, 0.2) is 11.5 Å². The van der Waals surface area contributed by atoms with Crippen molar-refractivity contribution in [1.29, 1.82) is 0 Å². The molecule has 0 radical (unpaired) electrons. The zero-order valence-electron chi connectivity index (χ0n) is 14.9. The van der Waals surface area contributed by atoms with Crippen LogP contribution in [0.2, 0.25) is 0 Å². The molecule has 0 fully saturated rings. The monoisotopic (exact) mass is 363 g/mol. The number of hydrogen-bond donors (Lipinski definition) is 1. The van der Waals surface area contributed by atoms with E-state index in [1.165, 1.54) is 0 Å². The molecule has 0 bridgehead atoms. The number of rotatable bonds is 6. The minimum atomic E-state index is -0.0617. The molecule has 1 N–H and O–H groups in total. The van der Waals surface area contributed by atoms with Crippen LogP contribution < -0.4 is 14.8 Å². The summed E-state index contributed by atoms with van der Waals surface area (Å²) in [5, 5.41) is 2.95. The van der Waals surface area contributed by atoms with Gasteiger partial charge in [-0.3, -0.25) is 4.79 Å². The Morgan fingerprint density at radius 3 is 2.74 bits per heavy atom. The van der Waals surface area contributed by atoms with Gasteiger partial charge in [0.25, 0.3) is 0 Å². The van der Waals surface area contributed by atoms with E-state index >= 15 is 0 Å². The lowest BCUT2D eigenvalue weighted by atomic mass is 10.2. The first-order valence-electron chi connectivity index (χ1n) is 9.01. The second-order valence-electron chi connectivity index (χ2n) is 6.38. The smallest absolute Gasteiger partial charge is 0.239 e. The van der Waals surface area contributed by atoms with E-state index in [0.29, 0.717) is 19.6 Å². The maximum Gasteiger partial charge on any atom is 0.239 e. The molecular weight excluding hydrogens is 342 g/mol. The maximum absolute atomic E-state index is 12.3. The Bertz CT molecular complexity index is 908. The summed E-state index contributed by atoms with van der Waals surface area (Å²) in [4.78, 5) is 16.7. The van der Waals surface area contributed by atoms with E-state index < -0.39 is 0 Å². The fourth-order valence-corrected chi connectivity index (χ4v) is 3.07. The first kappa shape index (κ1) is 17.1. The molecule has 3 aromatic rings. The maximum atomic E-state index is 12.3. The molecule has 138 valence electrons. The van der Waals surface area contributed by atoms with Crippen LogP contribution in [0.5, 0.6) is 11.5 Å². The lowest BCUT2D eigenvalue weighted by Gasteiger charge is -2.26. The molecule has 1 atom stereocenters. The molecule has 2 aromatic carbocycles. The van der Waals surface area contributed by atoms with Crippen LogP contribution in [-0.2, 0) is 11.3 Å². The van der Waals surface area contributed by atoms with Crippen LogP contribution in [-0.4, -0.2) is 34.7 Å². The molecule has 2 heterocycles. The molecule has 1 aromatic heterocycles. The summed E-state index contributed by atoms with van der Waals surface area (Å²) in [6, 6.07) is 17.5. The number of benzene rings is 2. The van der Waals surface area contributed by atoms with Gasteiger partial charge < -0.3 is 19.4 Å². The number of aromatic nitrogens is 2.